The number of hydrogen-bond acceptors (Lipinski definition) is 4. The van der Waals surface area contributed by atoms with Gasteiger partial charge in [-0.15, -0.1) is 0 Å². The fourth-order valence-corrected chi connectivity index (χ4v) is 5.42. The Hall–Kier alpha value is -4.00. The summed E-state index contributed by atoms with van der Waals surface area (Å²) >= 11 is 0. The van der Waals surface area contributed by atoms with Crippen LogP contribution in [-0.4, -0.2) is 62.0 Å². The lowest BCUT2D eigenvalue weighted by Crippen LogP contribution is -2.53. The molecule has 0 aliphatic carbocycles. The largest absolute Gasteiger partial charge is 0.350 e. The molecule has 1 saturated heterocycles. The van der Waals surface area contributed by atoms with E-state index in [1.165, 1.54) is 11.1 Å². The highest BCUT2D eigenvalue weighted by molar-refractivity contribution is 5.98. The zero-order valence-corrected chi connectivity index (χ0v) is 22.3. The van der Waals surface area contributed by atoms with E-state index in [2.05, 4.69) is 64.5 Å². The first-order chi connectivity index (χ1) is 19.1. The Morgan fingerprint density at radius 2 is 1.51 bits per heavy atom. The van der Waals surface area contributed by atoms with Gasteiger partial charge in [-0.3, -0.25) is 9.59 Å². The average Bonchev–Trinajstić information content (AvgIpc) is 3.13. The first-order valence-electron chi connectivity index (χ1n) is 13.7. The SMILES string of the molecule is CNCC1NC(CNC(=O)c2ccc3ccccc3c2)CCN(CC(c2ccccc2)c2ccccc2)C1=O. The molecule has 200 valence electrons. The molecular weight excluding hydrogens is 484 g/mol. The molecule has 4 aromatic carbocycles. The third kappa shape index (κ3) is 6.53. The van der Waals surface area contributed by atoms with E-state index in [0.717, 1.165) is 17.2 Å². The van der Waals surface area contributed by atoms with E-state index >= 15 is 0 Å². The van der Waals surface area contributed by atoms with Crippen molar-refractivity contribution in [3.63, 3.8) is 0 Å². The molecule has 5 rings (SSSR count). The van der Waals surface area contributed by atoms with Gasteiger partial charge in [0.1, 0.15) is 0 Å². The number of nitrogens with one attached hydrogen (secondary N) is 3. The molecule has 0 bridgehead atoms. The highest BCUT2D eigenvalue weighted by Gasteiger charge is 2.32. The molecule has 1 aliphatic rings. The Morgan fingerprint density at radius 1 is 0.872 bits per heavy atom. The average molecular weight is 521 g/mol. The number of carbonyl (C=O) groups excluding carboxylic acids is 2. The molecule has 1 aliphatic heterocycles. The third-order valence-electron chi connectivity index (χ3n) is 7.53. The van der Waals surface area contributed by atoms with Crippen LogP contribution in [0, 0.1) is 0 Å². The fourth-order valence-electron chi connectivity index (χ4n) is 5.42. The Bertz CT molecular complexity index is 1350. The highest BCUT2D eigenvalue weighted by atomic mass is 16.2. The van der Waals surface area contributed by atoms with E-state index in [1.54, 1.807) is 0 Å². The van der Waals surface area contributed by atoms with Gasteiger partial charge in [0, 0.05) is 43.7 Å². The number of carbonyl (C=O) groups is 2. The van der Waals surface area contributed by atoms with E-state index in [4.69, 9.17) is 0 Å². The zero-order valence-electron chi connectivity index (χ0n) is 22.3. The van der Waals surface area contributed by atoms with Gasteiger partial charge in [0.15, 0.2) is 0 Å². The Kier molecular flexibility index (Phi) is 8.66. The van der Waals surface area contributed by atoms with Gasteiger partial charge in [-0.25, -0.2) is 0 Å². The minimum atomic E-state index is -0.368. The Balaban J connectivity index is 1.29. The van der Waals surface area contributed by atoms with Crippen LogP contribution in [0.1, 0.15) is 33.8 Å². The molecule has 2 unspecified atom stereocenters. The standard InChI is InChI=1S/C33H36N4O2/c1-34-22-31-33(39)37(23-30(25-11-4-2-5-12-25)26-13-6-3-7-14-26)19-18-29(36-31)21-35-32(38)28-17-16-24-10-8-9-15-27(24)20-28/h2-17,20,29-31,34,36H,18-19,21-23H2,1H3,(H,35,38). The summed E-state index contributed by atoms with van der Waals surface area (Å²) in [6, 6.07) is 34.2. The quantitative estimate of drug-likeness (QED) is 0.310. The molecule has 0 spiro atoms. The van der Waals surface area contributed by atoms with Crippen LogP contribution in [0.3, 0.4) is 0 Å². The van der Waals surface area contributed by atoms with Crippen molar-refractivity contribution in [3.8, 4) is 0 Å². The zero-order chi connectivity index (χ0) is 27.0. The van der Waals surface area contributed by atoms with Gasteiger partial charge in [0.05, 0.1) is 6.04 Å². The second-order valence-corrected chi connectivity index (χ2v) is 10.2. The highest BCUT2D eigenvalue weighted by Crippen LogP contribution is 2.26. The van der Waals surface area contributed by atoms with E-state index in [9.17, 15) is 9.59 Å². The summed E-state index contributed by atoms with van der Waals surface area (Å²) in [5.41, 5.74) is 3.02. The molecule has 0 radical (unpaired) electrons. The molecule has 1 heterocycles. The fraction of sp³-hybridized carbons (Fsp3) is 0.273. The van der Waals surface area contributed by atoms with Crippen LogP contribution in [0.15, 0.2) is 103 Å². The molecule has 0 aromatic heterocycles. The van der Waals surface area contributed by atoms with Crippen molar-refractivity contribution >= 4 is 22.6 Å². The molecule has 4 aromatic rings. The number of rotatable bonds is 9. The molecule has 6 nitrogen and oxygen atoms in total. The molecule has 2 amide bonds. The maximum Gasteiger partial charge on any atom is 0.251 e. The van der Waals surface area contributed by atoms with E-state index in [0.29, 0.717) is 31.7 Å². The van der Waals surface area contributed by atoms with Crippen LogP contribution in [0.2, 0.25) is 0 Å². The molecule has 6 heteroatoms. The summed E-state index contributed by atoms with van der Waals surface area (Å²) in [5, 5.41) is 11.9. The molecule has 2 atom stereocenters. The van der Waals surface area contributed by atoms with E-state index in [1.807, 2.05) is 66.5 Å². The van der Waals surface area contributed by atoms with Crippen LogP contribution in [-0.2, 0) is 4.79 Å². The van der Waals surface area contributed by atoms with Gasteiger partial charge in [-0.2, -0.15) is 0 Å². The number of nitrogens with zero attached hydrogens (tertiary/aromatic N) is 1. The molecule has 1 fully saturated rings. The second kappa shape index (κ2) is 12.7. The number of fused-ring (bicyclic) bond motifs is 1. The smallest absolute Gasteiger partial charge is 0.251 e. The number of hydrogen-bond donors (Lipinski definition) is 3. The molecule has 0 saturated carbocycles. The Morgan fingerprint density at radius 3 is 2.18 bits per heavy atom. The predicted octanol–water partition coefficient (Wildman–Crippen LogP) is 4.18. The number of likely N-dealkylation sites (N-methyl/N-ethyl adjacent to an activating group) is 1. The van der Waals surface area contributed by atoms with Crippen molar-refractivity contribution < 1.29 is 9.59 Å². The molecule has 3 N–H and O–H groups in total. The predicted molar refractivity (Wildman–Crippen MR) is 157 cm³/mol. The van der Waals surface area contributed by atoms with Gasteiger partial charge in [0.25, 0.3) is 5.91 Å². The van der Waals surface area contributed by atoms with Crippen LogP contribution >= 0.6 is 0 Å². The first kappa shape index (κ1) is 26.6. The topological polar surface area (TPSA) is 73.5 Å². The van der Waals surface area contributed by atoms with Crippen molar-refractivity contribution in [2.75, 3.05) is 33.2 Å². The minimum Gasteiger partial charge on any atom is -0.350 e. The van der Waals surface area contributed by atoms with Crippen LogP contribution in [0.4, 0.5) is 0 Å². The van der Waals surface area contributed by atoms with Crippen LogP contribution in [0.5, 0.6) is 0 Å². The van der Waals surface area contributed by atoms with Gasteiger partial charge < -0.3 is 20.9 Å². The summed E-state index contributed by atoms with van der Waals surface area (Å²) in [7, 11) is 1.86. The van der Waals surface area contributed by atoms with Crippen molar-refractivity contribution in [2.24, 2.45) is 0 Å². The van der Waals surface area contributed by atoms with E-state index < -0.39 is 0 Å². The van der Waals surface area contributed by atoms with Gasteiger partial charge >= 0.3 is 0 Å². The summed E-state index contributed by atoms with van der Waals surface area (Å²) in [6.07, 6.45) is 0.750. The van der Waals surface area contributed by atoms with Gasteiger partial charge in [-0.05, 0) is 47.5 Å². The third-order valence-corrected chi connectivity index (χ3v) is 7.53. The van der Waals surface area contributed by atoms with E-state index in [-0.39, 0.29) is 29.8 Å². The maximum absolute atomic E-state index is 13.7. The van der Waals surface area contributed by atoms with Crippen LogP contribution in [0.25, 0.3) is 10.8 Å². The first-order valence-corrected chi connectivity index (χ1v) is 13.7. The Labute approximate surface area is 230 Å². The normalized spacial score (nSPS) is 17.8. The van der Waals surface area contributed by atoms with Crippen molar-refractivity contribution in [2.45, 2.75) is 24.4 Å². The van der Waals surface area contributed by atoms with Gasteiger partial charge in [0.2, 0.25) is 5.91 Å². The summed E-state index contributed by atoms with van der Waals surface area (Å²) in [6.45, 7) is 2.20. The minimum absolute atomic E-state index is 0.0198. The molecule has 39 heavy (non-hydrogen) atoms. The maximum atomic E-state index is 13.7. The van der Waals surface area contributed by atoms with Crippen molar-refractivity contribution in [3.05, 3.63) is 120 Å². The number of benzene rings is 4. The summed E-state index contributed by atoms with van der Waals surface area (Å²) < 4.78 is 0. The van der Waals surface area contributed by atoms with Crippen LogP contribution < -0.4 is 16.0 Å². The monoisotopic (exact) mass is 520 g/mol. The lowest BCUT2D eigenvalue weighted by Gasteiger charge is -2.29. The lowest BCUT2D eigenvalue weighted by molar-refractivity contribution is -0.132. The molecular formula is C33H36N4O2. The second-order valence-electron chi connectivity index (χ2n) is 10.2. The summed E-state index contributed by atoms with van der Waals surface area (Å²) in [5.74, 6) is 0.0636. The van der Waals surface area contributed by atoms with Crippen molar-refractivity contribution in [1.82, 2.24) is 20.9 Å². The number of amides is 2. The lowest BCUT2D eigenvalue weighted by atomic mass is 9.90. The summed E-state index contributed by atoms with van der Waals surface area (Å²) in [4.78, 5) is 28.7. The van der Waals surface area contributed by atoms with Crippen molar-refractivity contribution in [1.29, 1.82) is 0 Å². The van der Waals surface area contributed by atoms with Gasteiger partial charge in [-0.1, -0.05) is 91.0 Å².